The van der Waals surface area contributed by atoms with Crippen molar-refractivity contribution in [3.05, 3.63) is 70.0 Å². The quantitative estimate of drug-likeness (QED) is 0.650. The first-order valence-electron chi connectivity index (χ1n) is 5.98. The van der Waals surface area contributed by atoms with Gasteiger partial charge in [0.1, 0.15) is 5.69 Å². The van der Waals surface area contributed by atoms with Gasteiger partial charge >= 0.3 is 5.69 Å². The van der Waals surface area contributed by atoms with Gasteiger partial charge < -0.3 is 10.4 Å². The first-order valence-corrected chi connectivity index (χ1v) is 5.98. The molecule has 0 bridgehead atoms. The summed E-state index contributed by atoms with van der Waals surface area (Å²) in [5.74, 6) is -0.912. The number of benzene rings is 2. The van der Waals surface area contributed by atoms with Gasteiger partial charge in [0.2, 0.25) is 5.82 Å². The molecule has 0 radical (unpaired) electrons. The predicted octanol–water partition coefficient (Wildman–Crippen LogP) is 2.88. The summed E-state index contributed by atoms with van der Waals surface area (Å²) in [5, 5.41) is 23.1. The summed E-state index contributed by atoms with van der Waals surface area (Å²) in [4.78, 5) is 10.1. The Labute approximate surface area is 114 Å². The van der Waals surface area contributed by atoms with Crippen molar-refractivity contribution in [2.24, 2.45) is 0 Å². The number of nitrogens with one attached hydrogen (secondary N) is 1. The molecule has 0 saturated carbocycles. The van der Waals surface area contributed by atoms with Gasteiger partial charge in [0, 0.05) is 0 Å². The SMILES string of the molecule is O=[N+]([O-])c1c(F)cccc1NC(CO)c1ccccc1. The Morgan fingerprint density at radius 1 is 1.20 bits per heavy atom. The van der Waals surface area contributed by atoms with E-state index in [0.29, 0.717) is 0 Å². The average Bonchev–Trinajstić information content (AvgIpc) is 2.45. The van der Waals surface area contributed by atoms with Crippen LogP contribution in [0.3, 0.4) is 0 Å². The maximum absolute atomic E-state index is 13.5. The molecule has 2 rings (SSSR count). The Bertz CT molecular complexity index is 605. The molecule has 0 heterocycles. The minimum absolute atomic E-state index is 0.0397. The van der Waals surface area contributed by atoms with Gasteiger partial charge in [-0.15, -0.1) is 0 Å². The number of aliphatic hydroxyl groups is 1. The molecule has 0 fully saturated rings. The monoisotopic (exact) mass is 276 g/mol. The van der Waals surface area contributed by atoms with Gasteiger partial charge in [0.15, 0.2) is 0 Å². The van der Waals surface area contributed by atoms with Crippen molar-refractivity contribution in [2.75, 3.05) is 11.9 Å². The number of anilines is 1. The molecule has 0 aliphatic heterocycles. The van der Waals surface area contributed by atoms with Gasteiger partial charge in [-0.3, -0.25) is 10.1 Å². The van der Waals surface area contributed by atoms with Crippen molar-refractivity contribution >= 4 is 11.4 Å². The lowest BCUT2D eigenvalue weighted by Crippen LogP contribution is -2.16. The van der Waals surface area contributed by atoms with Crippen LogP contribution in [0.5, 0.6) is 0 Å². The van der Waals surface area contributed by atoms with Gasteiger partial charge in [0.05, 0.1) is 17.6 Å². The number of hydrogen-bond acceptors (Lipinski definition) is 4. The summed E-state index contributed by atoms with van der Waals surface area (Å²) in [6.07, 6.45) is 0. The summed E-state index contributed by atoms with van der Waals surface area (Å²) in [6.45, 7) is -0.266. The Kier molecular flexibility index (Phi) is 4.27. The zero-order chi connectivity index (χ0) is 14.5. The van der Waals surface area contributed by atoms with Gasteiger partial charge in [-0.05, 0) is 17.7 Å². The van der Waals surface area contributed by atoms with E-state index in [1.807, 2.05) is 6.07 Å². The normalized spacial score (nSPS) is 11.9. The molecule has 2 N–H and O–H groups in total. The Morgan fingerprint density at radius 3 is 2.50 bits per heavy atom. The van der Waals surface area contributed by atoms with Crippen molar-refractivity contribution < 1.29 is 14.4 Å². The first-order chi connectivity index (χ1) is 9.63. The second kappa shape index (κ2) is 6.12. The lowest BCUT2D eigenvalue weighted by molar-refractivity contribution is -0.386. The highest BCUT2D eigenvalue weighted by Gasteiger charge is 2.22. The number of rotatable bonds is 5. The maximum atomic E-state index is 13.5. The minimum Gasteiger partial charge on any atom is -0.394 e. The molecule has 0 aliphatic carbocycles. The van der Waals surface area contributed by atoms with E-state index in [1.54, 1.807) is 24.3 Å². The van der Waals surface area contributed by atoms with Crippen LogP contribution in [0.1, 0.15) is 11.6 Å². The van der Waals surface area contributed by atoms with Crippen LogP contribution < -0.4 is 5.32 Å². The van der Waals surface area contributed by atoms with Crippen molar-refractivity contribution in [3.63, 3.8) is 0 Å². The molecule has 0 aliphatic rings. The fourth-order valence-electron chi connectivity index (χ4n) is 1.92. The van der Waals surface area contributed by atoms with E-state index < -0.39 is 22.5 Å². The topological polar surface area (TPSA) is 75.4 Å². The van der Waals surface area contributed by atoms with Gasteiger partial charge in [-0.25, -0.2) is 0 Å². The Hall–Kier alpha value is -2.47. The van der Waals surface area contributed by atoms with E-state index in [4.69, 9.17) is 0 Å². The van der Waals surface area contributed by atoms with Crippen LogP contribution in [0.25, 0.3) is 0 Å². The largest absolute Gasteiger partial charge is 0.394 e. The third-order valence-corrected chi connectivity index (χ3v) is 2.88. The van der Waals surface area contributed by atoms with E-state index in [0.717, 1.165) is 11.6 Å². The molecule has 1 unspecified atom stereocenters. The van der Waals surface area contributed by atoms with Crippen molar-refractivity contribution in [1.82, 2.24) is 0 Å². The second-order valence-electron chi connectivity index (χ2n) is 4.18. The predicted molar refractivity (Wildman–Crippen MR) is 72.9 cm³/mol. The molecule has 6 heteroatoms. The molecule has 0 spiro atoms. The molecule has 5 nitrogen and oxygen atoms in total. The number of halogens is 1. The van der Waals surface area contributed by atoms with Crippen LogP contribution in [0.2, 0.25) is 0 Å². The van der Waals surface area contributed by atoms with E-state index >= 15 is 0 Å². The molecule has 1 atom stereocenters. The van der Waals surface area contributed by atoms with Crippen molar-refractivity contribution in [3.8, 4) is 0 Å². The zero-order valence-corrected chi connectivity index (χ0v) is 10.5. The standard InChI is InChI=1S/C14H13FN2O3/c15-11-7-4-8-12(14(11)17(19)20)16-13(9-18)10-5-2-1-3-6-10/h1-8,13,16,18H,9H2. The third-order valence-electron chi connectivity index (χ3n) is 2.88. The molecule has 0 aromatic heterocycles. The average molecular weight is 276 g/mol. The molecule has 2 aromatic rings. The number of nitro benzene ring substituents is 1. The highest BCUT2D eigenvalue weighted by Crippen LogP contribution is 2.30. The van der Waals surface area contributed by atoms with E-state index in [9.17, 15) is 19.6 Å². The van der Waals surface area contributed by atoms with E-state index in [-0.39, 0.29) is 12.3 Å². The maximum Gasteiger partial charge on any atom is 0.327 e. The molecule has 0 amide bonds. The van der Waals surface area contributed by atoms with E-state index in [2.05, 4.69) is 5.32 Å². The number of nitrogens with zero attached hydrogens (tertiary/aromatic N) is 1. The summed E-state index contributed by atoms with van der Waals surface area (Å²) in [7, 11) is 0. The highest BCUT2D eigenvalue weighted by atomic mass is 19.1. The summed E-state index contributed by atoms with van der Waals surface area (Å²) >= 11 is 0. The fourth-order valence-corrected chi connectivity index (χ4v) is 1.92. The summed E-state index contributed by atoms with van der Waals surface area (Å²) in [5.41, 5.74) is 0.174. The molecular weight excluding hydrogens is 263 g/mol. The lowest BCUT2D eigenvalue weighted by Gasteiger charge is -2.18. The van der Waals surface area contributed by atoms with Crippen LogP contribution >= 0.6 is 0 Å². The number of nitro groups is 1. The zero-order valence-electron chi connectivity index (χ0n) is 10.5. The van der Waals surface area contributed by atoms with Gasteiger partial charge in [-0.2, -0.15) is 4.39 Å². The minimum atomic E-state index is -0.912. The third kappa shape index (κ3) is 2.92. The fraction of sp³-hybridized carbons (Fsp3) is 0.143. The Morgan fingerprint density at radius 2 is 1.90 bits per heavy atom. The molecule has 2 aromatic carbocycles. The number of hydrogen-bond donors (Lipinski definition) is 2. The van der Waals surface area contributed by atoms with Crippen molar-refractivity contribution in [2.45, 2.75) is 6.04 Å². The van der Waals surface area contributed by atoms with Crippen LogP contribution in [0.15, 0.2) is 48.5 Å². The van der Waals surface area contributed by atoms with Gasteiger partial charge in [0.25, 0.3) is 0 Å². The number of para-hydroxylation sites is 1. The van der Waals surface area contributed by atoms with Crippen LogP contribution in [-0.4, -0.2) is 16.6 Å². The van der Waals surface area contributed by atoms with Crippen LogP contribution in [0.4, 0.5) is 15.8 Å². The molecule has 104 valence electrons. The Balaban J connectivity index is 2.33. The lowest BCUT2D eigenvalue weighted by atomic mass is 10.1. The first kappa shape index (κ1) is 14.0. The number of aliphatic hydroxyl groups excluding tert-OH is 1. The molecular formula is C14H13FN2O3. The highest BCUT2D eigenvalue weighted by molar-refractivity contribution is 5.62. The molecule has 20 heavy (non-hydrogen) atoms. The van der Waals surface area contributed by atoms with Gasteiger partial charge in [-0.1, -0.05) is 36.4 Å². The summed E-state index contributed by atoms with van der Waals surface area (Å²) in [6, 6.07) is 12.2. The van der Waals surface area contributed by atoms with Crippen LogP contribution in [-0.2, 0) is 0 Å². The van der Waals surface area contributed by atoms with E-state index in [1.165, 1.54) is 12.1 Å². The van der Waals surface area contributed by atoms with Crippen LogP contribution in [0, 0.1) is 15.9 Å². The summed E-state index contributed by atoms with van der Waals surface area (Å²) < 4.78 is 13.5. The second-order valence-corrected chi connectivity index (χ2v) is 4.18. The molecule has 0 saturated heterocycles. The van der Waals surface area contributed by atoms with Crippen molar-refractivity contribution in [1.29, 1.82) is 0 Å². The smallest absolute Gasteiger partial charge is 0.327 e.